The molecule has 3 aromatic rings. The Kier molecular flexibility index (Phi) is 11.4. The summed E-state index contributed by atoms with van der Waals surface area (Å²) in [5.41, 5.74) is 9.10. The lowest BCUT2D eigenvalue weighted by molar-refractivity contribution is 0.00940. The van der Waals surface area contributed by atoms with Gasteiger partial charge < -0.3 is 20.7 Å². The predicted octanol–water partition coefficient (Wildman–Crippen LogP) is 4.97. The predicted molar refractivity (Wildman–Crippen MR) is 169 cm³/mol. The first-order valence-corrected chi connectivity index (χ1v) is 15.6. The molecular formula is C31H40N6O5S. The fourth-order valence-electron chi connectivity index (χ4n) is 4.54. The van der Waals surface area contributed by atoms with Crippen molar-refractivity contribution in [3.8, 4) is 11.1 Å². The van der Waals surface area contributed by atoms with Crippen molar-refractivity contribution in [3.63, 3.8) is 0 Å². The Bertz CT molecular complexity index is 1550. The van der Waals surface area contributed by atoms with Gasteiger partial charge in [0.1, 0.15) is 5.84 Å². The van der Waals surface area contributed by atoms with E-state index in [-0.39, 0.29) is 29.3 Å². The Morgan fingerprint density at radius 1 is 0.953 bits per heavy atom. The molecule has 0 heterocycles. The van der Waals surface area contributed by atoms with E-state index < -0.39 is 22.3 Å². The highest BCUT2D eigenvalue weighted by Gasteiger charge is 2.20. The van der Waals surface area contributed by atoms with Crippen LogP contribution in [0.1, 0.15) is 45.7 Å². The van der Waals surface area contributed by atoms with Crippen LogP contribution in [0.2, 0.25) is 0 Å². The number of carbonyl (C=O) groups is 2. The highest BCUT2D eigenvalue weighted by Crippen LogP contribution is 2.27. The second kappa shape index (κ2) is 14.8. The number of nitrogens with two attached hydrogens (primary N) is 2. The minimum absolute atomic E-state index is 0.0169. The molecule has 0 spiro atoms. The number of hydrogen-bond acceptors (Lipinski definition) is 6. The Hall–Kier alpha value is -4.26. The Morgan fingerprint density at radius 2 is 1.60 bits per heavy atom. The molecule has 5 N–H and O–H groups in total. The molecule has 1 unspecified atom stereocenters. The van der Waals surface area contributed by atoms with Crippen molar-refractivity contribution < 1.29 is 22.7 Å². The van der Waals surface area contributed by atoms with E-state index in [2.05, 4.69) is 10.3 Å². The van der Waals surface area contributed by atoms with Crippen molar-refractivity contribution in [2.75, 3.05) is 18.4 Å². The SMILES string of the molecule is CCN(CC)C(C)OC(=O)N=C(N)c1cccc(CN(C(=O)Nc2ccc(-c3ccccc3S(N)(=O)=O)cc2)C(C)C)c1. The van der Waals surface area contributed by atoms with Crippen molar-refractivity contribution in [3.05, 3.63) is 83.9 Å². The van der Waals surface area contributed by atoms with Crippen molar-refractivity contribution in [1.82, 2.24) is 9.80 Å². The lowest BCUT2D eigenvalue weighted by Crippen LogP contribution is -2.39. The number of urea groups is 1. The molecule has 11 nitrogen and oxygen atoms in total. The molecule has 0 aromatic heterocycles. The third-order valence-electron chi connectivity index (χ3n) is 6.91. The molecule has 3 aromatic carbocycles. The van der Waals surface area contributed by atoms with Crippen LogP contribution in [0.3, 0.4) is 0 Å². The number of nitrogens with zero attached hydrogens (tertiary/aromatic N) is 3. The number of ether oxygens (including phenoxy) is 1. The van der Waals surface area contributed by atoms with E-state index in [9.17, 15) is 18.0 Å². The standard InChI is InChI=1S/C31H40N6O5S/c1-6-36(7-2)22(5)42-31(39)35-29(32)25-12-10-11-23(19-25)20-37(21(3)4)30(38)34-26-17-15-24(16-18-26)27-13-8-9-14-28(27)43(33,40)41/h8-19,21-22H,6-7,20H2,1-5H3,(H,34,38)(H2,32,35,39)(H2,33,40,41). The fraction of sp³-hybridized carbons (Fsp3) is 0.323. The van der Waals surface area contributed by atoms with Crippen molar-refractivity contribution >= 4 is 33.7 Å². The zero-order valence-electron chi connectivity index (χ0n) is 25.2. The van der Waals surface area contributed by atoms with E-state index in [1.807, 2.05) is 38.7 Å². The summed E-state index contributed by atoms with van der Waals surface area (Å²) >= 11 is 0. The second-order valence-electron chi connectivity index (χ2n) is 10.2. The van der Waals surface area contributed by atoms with Gasteiger partial charge in [-0.2, -0.15) is 4.99 Å². The first-order chi connectivity index (χ1) is 20.3. The fourth-order valence-corrected chi connectivity index (χ4v) is 5.30. The summed E-state index contributed by atoms with van der Waals surface area (Å²) in [4.78, 5) is 33.2. The number of amidine groups is 1. The monoisotopic (exact) mass is 608 g/mol. The van der Waals surface area contributed by atoms with Crippen LogP contribution in [0.5, 0.6) is 0 Å². The minimum Gasteiger partial charge on any atom is -0.429 e. The van der Waals surface area contributed by atoms with Crippen molar-refractivity contribution in [2.24, 2.45) is 15.9 Å². The second-order valence-corrected chi connectivity index (χ2v) is 11.7. The summed E-state index contributed by atoms with van der Waals surface area (Å²) < 4.78 is 29.4. The zero-order chi connectivity index (χ0) is 31.7. The van der Waals surface area contributed by atoms with E-state index in [4.69, 9.17) is 15.6 Å². The highest BCUT2D eigenvalue weighted by molar-refractivity contribution is 7.89. The third-order valence-corrected chi connectivity index (χ3v) is 7.88. The minimum atomic E-state index is -3.90. The van der Waals surface area contributed by atoms with Crippen LogP contribution in [-0.2, 0) is 21.3 Å². The molecule has 0 radical (unpaired) electrons. The number of aliphatic imine (C=N–C) groups is 1. The highest BCUT2D eigenvalue weighted by atomic mass is 32.2. The number of carbonyl (C=O) groups excluding carboxylic acids is 2. The quantitative estimate of drug-likeness (QED) is 0.157. The lowest BCUT2D eigenvalue weighted by atomic mass is 10.1. The van der Waals surface area contributed by atoms with Crippen LogP contribution in [0, 0.1) is 0 Å². The van der Waals surface area contributed by atoms with Gasteiger partial charge in [0.25, 0.3) is 0 Å². The number of nitrogens with one attached hydrogen (secondary N) is 1. The van der Waals surface area contributed by atoms with Gasteiger partial charge in [0, 0.05) is 29.4 Å². The summed E-state index contributed by atoms with van der Waals surface area (Å²) in [7, 11) is -3.90. The molecule has 0 aliphatic rings. The molecule has 3 amide bonds. The molecule has 0 aliphatic carbocycles. The van der Waals surface area contributed by atoms with Crippen LogP contribution in [0.15, 0.2) is 82.7 Å². The number of benzene rings is 3. The maximum Gasteiger partial charge on any atom is 0.437 e. The molecular weight excluding hydrogens is 568 g/mol. The lowest BCUT2D eigenvalue weighted by Gasteiger charge is -2.27. The smallest absolute Gasteiger partial charge is 0.429 e. The molecule has 0 bridgehead atoms. The van der Waals surface area contributed by atoms with E-state index >= 15 is 0 Å². The van der Waals surface area contributed by atoms with Crippen LogP contribution < -0.4 is 16.2 Å². The van der Waals surface area contributed by atoms with Gasteiger partial charge >= 0.3 is 12.1 Å². The van der Waals surface area contributed by atoms with E-state index in [1.54, 1.807) is 72.5 Å². The number of rotatable bonds is 11. The Balaban J connectivity index is 1.72. The summed E-state index contributed by atoms with van der Waals surface area (Å²) in [6, 6.07) is 20.0. The molecule has 0 fully saturated rings. The number of primary sulfonamides is 1. The summed E-state index contributed by atoms with van der Waals surface area (Å²) in [5, 5.41) is 8.27. The molecule has 230 valence electrons. The molecule has 12 heteroatoms. The number of sulfonamides is 1. The van der Waals surface area contributed by atoms with Gasteiger partial charge in [0.05, 0.1) is 4.90 Å². The molecule has 43 heavy (non-hydrogen) atoms. The van der Waals surface area contributed by atoms with E-state index in [0.29, 0.717) is 22.4 Å². The van der Waals surface area contributed by atoms with Crippen LogP contribution in [0.4, 0.5) is 15.3 Å². The van der Waals surface area contributed by atoms with Crippen LogP contribution >= 0.6 is 0 Å². The number of amides is 3. The third kappa shape index (κ3) is 9.11. The summed E-state index contributed by atoms with van der Waals surface area (Å²) in [6.07, 6.45) is -1.21. The number of hydrogen-bond donors (Lipinski definition) is 3. The van der Waals surface area contributed by atoms with Gasteiger partial charge in [-0.1, -0.05) is 62.4 Å². The van der Waals surface area contributed by atoms with E-state index in [1.165, 1.54) is 6.07 Å². The molecule has 0 saturated heterocycles. The average molecular weight is 609 g/mol. The van der Waals surface area contributed by atoms with Gasteiger partial charge in [-0.15, -0.1) is 0 Å². The van der Waals surface area contributed by atoms with Gasteiger partial charge in [-0.25, -0.2) is 23.1 Å². The van der Waals surface area contributed by atoms with Gasteiger partial charge in [-0.3, -0.25) is 4.90 Å². The molecule has 0 saturated carbocycles. The Morgan fingerprint density at radius 3 is 2.21 bits per heavy atom. The maximum absolute atomic E-state index is 13.3. The van der Waals surface area contributed by atoms with Crippen molar-refractivity contribution in [1.29, 1.82) is 0 Å². The number of anilines is 1. The van der Waals surface area contributed by atoms with Gasteiger partial charge in [0.15, 0.2) is 6.23 Å². The summed E-state index contributed by atoms with van der Waals surface area (Å²) in [5.74, 6) is 0.0169. The van der Waals surface area contributed by atoms with Crippen LogP contribution in [-0.4, -0.2) is 61.5 Å². The average Bonchev–Trinajstić information content (AvgIpc) is 2.96. The van der Waals surface area contributed by atoms with E-state index in [0.717, 1.165) is 18.7 Å². The van der Waals surface area contributed by atoms with Gasteiger partial charge in [-0.05, 0) is 69.3 Å². The van der Waals surface area contributed by atoms with Crippen molar-refractivity contribution in [2.45, 2.75) is 58.3 Å². The maximum atomic E-state index is 13.3. The molecule has 3 rings (SSSR count). The van der Waals surface area contributed by atoms with Gasteiger partial charge in [0.2, 0.25) is 10.0 Å². The topological polar surface area (TPSA) is 160 Å². The normalized spacial score (nSPS) is 12.7. The van der Waals surface area contributed by atoms with Crippen LogP contribution in [0.25, 0.3) is 11.1 Å². The first-order valence-electron chi connectivity index (χ1n) is 14.0. The first kappa shape index (κ1) is 33.2. The summed E-state index contributed by atoms with van der Waals surface area (Å²) in [6.45, 7) is 11.3. The molecule has 1 atom stereocenters. The Labute approximate surface area is 253 Å². The molecule has 0 aliphatic heterocycles. The zero-order valence-corrected chi connectivity index (χ0v) is 26.0. The largest absolute Gasteiger partial charge is 0.437 e.